The summed E-state index contributed by atoms with van der Waals surface area (Å²) in [6.45, 7) is 30.0. The van der Waals surface area contributed by atoms with Gasteiger partial charge >= 0.3 is 0 Å². The quantitative estimate of drug-likeness (QED) is 0.176. The highest BCUT2D eigenvalue weighted by Crippen LogP contribution is 2.15. The van der Waals surface area contributed by atoms with Gasteiger partial charge in [0, 0.05) is 0 Å². The van der Waals surface area contributed by atoms with E-state index in [0.717, 1.165) is 0 Å². The summed E-state index contributed by atoms with van der Waals surface area (Å²) in [6.07, 6.45) is 0. The van der Waals surface area contributed by atoms with Crippen molar-refractivity contribution in [2.45, 2.75) is 90.0 Å². The smallest absolute Gasteiger partial charge is 0.0622 e. The molecule has 0 radical (unpaired) electrons. The second-order valence-corrected chi connectivity index (χ2v) is 20.0. The SMILES string of the molecule is Cc1cc(C)c([Si](c2c(C)cc(C)cc2C)=[Si](c2c(C)cc(C)cc2C)c2c(C)cc(C)cc2C)c(C)c1.Cc1ccccc1. The second-order valence-electron chi connectivity index (χ2n) is 13.5. The molecule has 0 bridgehead atoms. The molecule has 0 amide bonds. The first-order valence-corrected chi connectivity index (χ1v) is 20.3. The normalized spacial score (nSPS) is 10.8. The standard InChI is InChI=1S/C36H44Si2.C7H8/c1-21-13-25(5)33(26(6)14-21)37(34-27(7)15-22(2)16-28(34)8)38(35-29(9)17-23(3)18-30(35)10)36-31(11)19-24(4)20-32(36)12;1-7-5-3-2-4-6-7/h13-20H,1-12H3;2-6H,1H3. The molecule has 0 aliphatic heterocycles. The van der Waals surface area contributed by atoms with E-state index in [1.54, 1.807) is 20.7 Å². The van der Waals surface area contributed by atoms with Gasteiger partial charge in [0.1, 0.15) is 0 Å². The Morgan fingerprint density at radius 2 is 0.467 bits per heavy atom. The predicted molar refractivity (Wildman–Crippen MR) is 204 cm³/mol. The summed E-state index contributed by atoms with van der Waals surface area (Å²) in [5.74, 6) is 0. The molecular weight excluding hydrogens is 573 g/mol. The van der Waals surface area contributed by atoms with Gasteiger partial charge in [-0.2, -0.15) is 0 Å². The molecule has 45 heavy (non-hydrogen) atoms. The third kappa shape index (κ3) is 7.68. The number of aryl methyl sites for hydroxylation is 13. The predicted octanol–water partition coefficient (Wildman–Crippen LogP) is 8.38. The topological polar surface area (TPSA) is 0 Å². The van der Waals surface area contributed by atoms with E-state index in [1.165, 1.54) is 72.3 Å². The van der Waals surface area contributed by atoms with Gasteiger partial charge in [0.25, 0.3) is 0 Å². The summed E-state index contributed by atoms with van der Waals surface area (Å²) in [5.41, 5.74) is 18.5. The highest BCUT2D eigenvalue weighted by atomic mass is 28.9. The molecule has 232 valence electrons. The van der Waals surface area contributed by atoms with Crippen molar-refractivity contribution in [3.8, 4) is 0 Å². The average molecular weight is 625 g/mol. The van der Waals surface area contributed by atoms with Crippen LogP contribution >= 0.6 is 0 Å². The van der Waals surface area contributed by atoms with Crippen LogP contribution in [0, 0.1) is 90.0 Å². The van der Waals surface area contributed by atoms with E-state index in [1.807, 2.05) is 18.2 Å². The maximum atomic E-state index is 2.43. The summed E-state index contributed by atoms with van der Waals surface area (Å²) >= 11 is 0. The molecule has 0 unspecified atom stereocenters. The van der Waals surface area contributed by atoms with Gasteiger partial charge in [0.15, 0.2) is 0 Å². The van der Waals surface area contributed by atoms with Crippen molar-refractivity contribution < 1.29 is 0 Å². The van der Waals surface area contributed by atoms with Crippen LogP contribution < -0.4 is 20.7 Å². The first kappa shape index (κ1) is 34.4. The zero-order valence-corrected chi connectivity index (χ0v) is 32.0. The Labute approximate surface area is 276 Å². The minimum atomic E-state index is -1.21. The summed E-state index contributed by atoms with van der Waals surface area (Å²) in [7, 11) is -2.42. The zero-order chi connectivity index (χ0) is 33.2. The fourth-order valence-electron chi connectivity index (χ4n) is 7.58. The van der Waals surface area contributed by atoms with Gasteiger partial charge in [-0.3, -0.25) is 0 Å². The van der Waals surface area contributed by atoms with Gasteiger partial charge in [-0.05, 0) is 155 Å². The van der Waals surface area contributed by atoms with Gasteiger partial charge in [-0.25, -0.2) is 0 Å². The summed E-state index contributed by atoms with van der Waals surface area (Å²) in [4.78, 5) is 0. The first-order valence-electron chi connectivity index (χ1n) is 16.3. The lowest BCUT2D eigenvalue weighted by atomic mass is 10.1. The number of benzene rings is 5. The van der Waals surface area contributed by atoms with Crippen LogP contribution in [0.25, 0.3) is 0 Å². The molecule has 0 saturated carbocycles. The fourth-order valence-corrected chi connectivity index (χ4v) is 20.5. The van der Waals surface area contributed by atoms with Gasteiger partial charge < -0.3 is 0 Å². The molecule has 0 aromatic heterocycles. The van der Waals surface area contributed by atoms with Crippen LogP contribution in [0.15, 0.2) is 78.9 Å². The Morgan fingerprint density at radius 1 is 0.267 bits per heavy atom. The molecule has 0 atom stereocenters. The molecule has 5 aromatic carbocycles. The Bertz CT molecular complexity index is 1570. The molecular formula is C43H52Si2. The van der Waals surface area contributed by atoms with Crippen molar-refractivity contribution in [1.82, 2.24) is 0 Å². The van der Waals surface area contributed by atoms with Crippen LogP contribution in [0.5, 0.6) is 0 Å². The van der Waals surface area contributed by atoms with Gasteiger partial charge in [-0.1, -0.05) is 107 Å². The first-order chi connectivity index (χ1) is 21.2. The van der Waals surface area contributed by atoms with Crippen molar-refractivity contribution >= 4 is 36.5 Å². The maximum Gasteiger partial charge on any atom is 0.0700 e. The number of hydrogen-bond acceptors (Lipinski definition) is 0. The van der Waals surface area contributed by atoms with Crippen LogP contribution in [-0.2, 0) is 0 Å². The van der Waals surface area contributed by atoms with Crippen molar-refractivity contribution in [3.63, 3.8) is 0 Å². The summed E-state index contributed by atoms with van der Waals surface area (Å²) in [5, 5.41) is 6.51. The van der Waals surface area contributed by atoms with Crippen LogP contribution in [0.1, 0.15) is 72.3 Å². The Hall–Kier alpha value is -3.47. The Kier molecular flexibility index (Phi) is 10.9. The second kappa shape index (κ2) is 14.3. The minimum Gasteiger partial charge on any atom is -0.0622 e. The third-order valence-electron chi connectivity index (χ3n) is 8.90. The molecule has 0 nitrogen and oxygen atoms in total. The lowest BCUT2D eigenvalue weighted by Crippen LogP contribution is -2.56. The number of hydrogen-bond donors (Lipinski definition) is 0. The highest BCUT2D eigenvalue weighted by Gasteiger charge is 2.27. The molecule has 0 aliphatic rings. The Morgan fingerprint density at radius 3 is 0.622 bits per heavy atom. The molecule has 2 heteroatoms. The molecule has 0 saturated heterocycles. The zero-order valence-electron chi connectivity index (χ0n) is 30.0. The summed E-state index contributed by atoms with van der Waals surface area (Å²) < 4.78 is 0. The lowest BCUT2D eigenvalue weighted by molar-refractivity contribution is 1.33. The van der Waals surface area contributed by atoms with E-state index in [4.69, 9.17) is 0 Å². The Balaban J connectivity index is 0.000000580. The van der Waals surface area contributed by atoms with Crippen molar-refractivity contribution in [2.24, 2.45) is 0 Å². The third-order valence-corrected chi connectivity index (χ3v) is 19.1. The molecule has 0 spiro atoms. The van der Waals surface area contributed by atoms with E-state index < -0.39 is 15.8 Å². The molecule has 0 N–H and O–H groups in total. The molecule has 0 heterocycles. The molecule has 5 rings (SSSR count). The average Bonchev–Trinajstić information content (AvgIpc) is 2.90. The highest BCUT2D eigenvalue weighted by molar-refractivity contribution is 7.20. The van der Waals surface area contributed by atoms with Crippen molar-refractivity contribution in [1.29, 1.82) is 0 Å². The van der Waals surface area contributed by atoms with E-state index in [0.29, 0.717) is 0 Å². The minimum absolute atomic E-state index is 1.21. The van der Waals surface area contributed by atoms with Crippen LogP contribution in [0.2, 0.25) is 0 Å². The van der Waals surface area contributed by atoms with E-state index in [-0.39, 0.29) is 0 Å². The number of rotatable bonds is 4. The molecule has 0 fully saturated rings. The van der Waals surface area contributed by atoms with E-state index >= 15 is 0 Å². The largest absolute Gasteiger partial charge is 0.0700 e. The lowest BCUT2D eigenvalue weighted by Gasteiger charge is -2.27. The van der Waals surface area contributed by atoms with Crippen LogP contribution in [0.4, 0.5) is 0 Å². The van der Waals surface area contributed by atoms with E-state index in [9.17, 15) is 0 Å². The monoisotopic (exact) mass is 624 g/mol. The van der Waals surface area contributed by atoms with Crippen LogP contribution in [0.3, 0.4) is 0 Å². The van der Waals surface area contributed by atoms with Gasteiger partial charge in [0.2, 0.25) is 0 Å². The van der Waals surface area contributed by atoms with Gasteiger partial charge in [0.05, 0.1) is 15.8 Å². The maximum absolute atomic E-state index is 2.43. The molecule has 0 aliphatic carbocycles. The molecule has 5 aromatic rings. The van der Waals surface area contributed by atoms with Crippen molar-refractivity contribution in [3.05, 3.63) is 151 Å². The van der Waals surface area contributed by atoms with Crippen molar-refractivity contribution in [2.75, 3.05) is 0 Å². The van der Waals surface area contributed by atoms with Gasteiger partial charge in [-0.15, -0.1) is 0 Å². The van der Waals surface area contributed by atoms with E-state index in [2.05, 4.69) is 151 Å². The fraction of sp³-hybridized carbons (Fsp3) is 0.302. The summed E-state index contributed by atoms with van der Waals surface area (Å²) in [6, 6.07) is 29.7. The van der Waals surface area contributed by atoms with Crippen LogP contribution in [-0.4, -0.2) is 15.8 Å².